The van der Waals surface area contributed by atoms with Crippen LogP contribution < -0.4 is 10.6 Å². The van der Waals surface area contributed by atoms with Gasteiger partial charge in [0.05, 0.1) is 11.4 Å². The summed E-state index contributed by atoms with van der Waals surface area (Å²) in [6, 6.07) is 28.1. The van der Waals surface area contributed by atoms with Gasteiger partial charge in [-0.1, -0.05) is 79.2 Å². The summed E-state index contributed by atoms with van der Waals surface area (Å²) >= 11 is 6.06. The van der Waals surface area contributed by atoms with Gasteiger partial charge in [-0.15, -0.1) is 0 Å². The lowest BCUT2D eigenvalue weighted by Gasteiger charge is -2.22. The molecule has 0 aliphatic carbocycles. The van der Waals surface area contributed by atoms with Gasteiger partial charge in [-0.2, -0.15) is 5.10 Å². The third-order valence-corrected chi connectivity index (χ3v) is 5.77. The number of nitrogens with zero attached hydrogens (tertiary/aromatic N) is 3. The summed E-state index contributed by atoms with van der Waals surface area (Å²) in [6.45, 7) is 2.74. The molecule has 3 aromatic carbocycles. The predicted octanol–water partition coefficient (Wildman–Crippen LogP) is 5.75. The number of rotatable bonds is 9. The highest BCUT2D eigenvalue weighted by Crippen LogP contribution is 2.25. The maximum Gasteiger partial charge on any atom is 0.318 e. The summed E-state index contributed by atoms with van der Waals surface area (Å²) in [4.78, 5) is 27.4. The number of anilines is 1. The molecular weight excluding hydrogens is 474 g/mol. The standard InChI is InChI=1S/C28H28ClN5O2/c1-2-17-33(28(36)30-19-21-9-5-3-6-10-21)20-27(35)31-26-18-25(22-11-7-4-8-12-22)32-34(26)24-15-13-23(29)14-16-24/h3-16,18H,2,17,19-20H2,1H3,(H,30,36)(H,31,35). The minimum Gasteiger partial charge on any atom is -0.334 e. The van der Waals surface area contributed by atoms with Crippen molar-refractivity contribution < 1.29 is 9.59 Å². The van der Waals surface area contributed by atoms with E-state index in [4.69, 9.17) is 16.7 Å². The molecule has 0 aliphatic heterocycles. The first kappa shape index (κ1) is 25.0. The Morgan fingerprint density at radius 2 is 1.61 bits per heavy atom. The highest BCUT2D eigenvalue weighted by molar-refractivity contribution is 6.30. The van der Waals surface area contributed by atoms with Gasteiger partial charge in [0.1, 0.15) is 12.4 Å². The second-order valence-electron chi connectivity index (χ2n) is 8.28. The third kappa shape index (κ3) is 6.52. The Kier molecular flexibility index (Phi) is 8.36. The van der Waals surface area contributed by atoms with Crippen LogP contribution in [0.1, 0.15) is 18.9 Å². The van der Waals surface area contributed by atoms with E-state index in [-0.39, 0.29) is 18.5 Å². The number of halogens is 1. The topological polar surface area (TPSA) is 79.3 Å². The van der Waals surface area contributed by atoms with Crippen LogP contribution in [0, 0.1) is 0 Å². The number of nitrogens with one attached hydrogen (secondary N) is 2. The van der Waals surface area contributed by atoms with E-state index in [2.05, 4.69) is 10.6 Å². The maximum atomic E-state index is 13.1. The Balaban J connectivity index is 1.51. The fourth-order valence-corrected chi connectivity index (χ4v) is 3.89. The van der Waals surface area contributed by atoms with E-state index < -0.39 is 0 Å². The number of amides is 3. The van der Waals surface area contributed by atoms with E-state index in [9.17, 15) is 9.59 Å². The Bertz CT molecular complexity index is 1290. The zero-order valence-corrected chi connectivity index (χ0v) is 20.8. The van der Waals surface area contributed by atoms with E-state index in [0.29, 0.717) is 29.6 Å². The molecule has 7 nitrogen and oxygen atoms in total. The molecule has 1 aromatic heterocycles. The van der Waals surface area contributed by atoms with Crippen LogP contribution in [0.5, 0.6) is 0 Å². The van der Waals surface area contributed by atoms with E-state index in [1.54, 1.807) is 16.8 Å². The molecule has 0 saturated heterocycles. The molecule has 4 rings (SSSR count). The molecule has 0 bridgehead atoms. The number of carbonyl (C=O) groups excluding carboxylic acids is 2. The van der Waals surface area contributed by atoms with Crippen molar-refractivity contribution in [2.75, 3.05) is 18.4 Å². The number of hydrogen-bond donors (Lipinski definition) is 2. The molecule has 2 N–H and O–H groups in total. The SMILES string of the molecule is CCCN(CC(=O)Nc1cc(-c2ccccc2)nn1-c1ccc(Cl)cc1)C(=O)NCc1ccccc1. The molecule has 0 saturated carbocycles. The maximum absolute atomic E-state index is 13.1. The molecule has 0 atom stereocenters. The molecule has 8 heteroatoms. The number of urea groups is 1. The summed E-state index contributed by atoms with van der Waals surface area (Å²) in [5.41, 5.74) is 3.38. The van der Waals surface area contributed by atoms with Crippen molar-refractivity contribution in [1.29, 1.82) is 0 Å². The molecule has 3 amide bonds. The lowest BCUT2D eigenvalue weighted by molar-refractivity contribution is -0.116. The largest absolute Gasteiger partial charge is 0.334 e. The van der Waals surface area contributed by atoms with Crippen molar-refractivity contribution in [2.24, 2.45) is 0 Å². The van der Waals surface area contributed by atoms with E-state index >= 15 is 0 Å². The highest BCUT2D eigenvalue weighted by atomic mass is 35.5. The van der Waals surface area contributed by atoms with Crippen molar-refractivity contribution >= 4 is 29.4 Å². The molecular formula is C28H28ClN5O2. The third-order valence-electron chi connectivity index (χ3n) is 5.52. The summed E-state index contributed by atoms with van der Waals surface area (Å²) in [6.07, 6.45) is 0.729. The van der Waals surface area contributed by atoms with Crippen LogP contribution in [0.4, 0.5) is 10.6 Å². The summed E-state index contributed by atoms with van der Waals surface area (Å²) in [5.74, 6) is 0.190. The quantitative estimate of drug-likeness (QED) is 0.306. The van der Waals surface area contributed by atoms with Gasteiger partial charge in [-0.25, -0.2) is 9.48 Å². The fourth-order valence-electron chi connectivity index (χ4n) is 3.76. The first-order valence-electron chi connectivity index (χ1n) is 11.8. The fraction of sp³-hybridized carbons (Fsp3) is 0.179. The van der Waals surface area contributed by atoms with Gasteiger partial charge in [0, 0.05) is 29.7 Å². The van der Waals surface area contributed by atoms with Crippen LogP contribution in [0.3, 0.4) is 0 Å². The minimum atomic E-state index is -0.312. The van der Waals surface area contributed by atoms with Crippen LogP contribution in [0.15, 0.2) is 91.0 Å². The Labute approximate surface area is 215 Å². The van der Waals surface area contributed by atoms with Gasteiger partial charge in [0.15, 0.2) is 0 Å². The van der Waals surface area contributed by atoms with Crippen molar-refractivity contribution in [3.05, 3.63) is 102 Å². The van der Waals surface area contributed by atoms with Gasteiger partial charge in [-0.3, -0.25) is 4.79 Å². The zero-order valence-electron chi connectivity index (χ0n) is 20.0. The summed E-state index contributed by atoms with van der Waals surface area (Å²) < 4.78 is 1.66. The molecule has 0 radical (unpaired) electrons. The zero-order chi connectivity index (χ0) is 25.3. The molecule has 1 heterocycles. The second kappa shape index (κ2) is 12.0. The Morgan fingerprint density at radius 3 is 2.28 bits per heavy atom. The summed E-state index contributed by atoms with van der Waals surface area (Å²) in [5, 5.41) is 11.2. The second-order valence-corrected chi connectivity index (χ2v) is 8.72. The van der Waals surface area contributed by atoms with E-state index in [1.165, 1.54) is 4.90 Å². The van der Waals surface area contributed by atoms with Crippen molar-refractivity contribution in [1.82, 2.24) is 20.0 Å². The molecule has 36 heavy (non-hydrogen) atoms. The highest BCUT2D eigenvalue weighted by Gasteiger charge is 2.19. The predicted molar refractivity (Wildman–Crippen MR) is 143 cm³/mol. The van der Waals surface area contributed by atoms with Crippen LogP contribution >= 0.6 is 11.6 Å². The molecule has 4 aromatic rings. The van der Waals surface area contributed by atoms with E-state index in [0.717, 1.165) is 23.2 Å². The smallest absolute Gasteiger partial charge is 0.318 e. The molecule has 184 valence electrons. The van der Waals surface area contributed by atoms with Gasteiger partial charge in [0.25, 0.3) is 0 Å². The molecule has 0 spiro atoms. The molecule has 0 unspecified atom stereocenters. The van der Waals surface area contributed by atoms with Gasteiger partial charge < -0.3 is 15.5 Å². The molecule has 0 aliphatic rings. The lowest BCUT2D eigenvalue weighted by Crippen LogP contribution is -2.44. The van der Waals surface area contributed by atoms with Crippen molar-refractivity contribution in [3.63, 3.8) is 0 Å². The summed E-state index contributed by atoms with van der Waals surface area (Å²) in [7, 11) is 0. The van der Waals surface area contributed by atoms with Crippen LogP contribution in [-0.2, 0) is 11.3 Å². The minimum absolute atomic E-state index is 0.0824. The van der Waals surface area contributed by atoms with Crippen molar-refractivity contribution in [2.45, 2.75) is 19.9 Å². The van der Waals surface area contributed by atoms with Gasteiger partial charge in [-0.05, 0) is 36.2 Å². The van der Waals surface area contributed by atoms with Gasteiger partial charge in [0.2, 0.25) is 5.91 Å². The normalized spacial score (nSPS) is 10.6. The Hall–Kier alpha value is -4.10. The number of aromatic nitrogens is 2. The number of hydrogen-bond acceptors (Lipinski definition) is 3. The van der Waals surface area contributed by atoms with Crippen molar-refractivity contribution in [3.8, 4) is 16.9 Å². The van der Waals surface area contributed by atoms with Gasteiger partial charge >= 0.3 is 6.03 Å². The molecule has 0 fully saturated rings. The van der Waals surface area contributed by atoms with Crippen LogP contribution in [-0.4, -0.2) is 39.7 Å². The average Bonchev–Trinajstić information content (AvgIpc) is 3.32. The lowest BCUT2D eigenvalue weighted by atomic mass is 10.1. The van der Waals surface area contributed by atoms with E-state index in [1.807, 2.05) is 85.8 Å². The first-order chi connectivity index (χ1) is 17.5. The first-order valence-corrected chi connectivity index (χ1v) is 12.2. The average molecular weight is 502 g/mol. The van der Waals surface area contributed by atoms with Crippen LogP contribution in [0.2, 0.25) is 5.02 Å². The monoisotopic (exact) mass is 501 g/mol. The van der Waals surface area contributed by atoms with Crippen LogP contribution in [0.25, 0.3) is 16.9 Å². The number of carbonyl (C=O) groups is 2. The Morgan fingerprint density at radius 1 is 0.944 bits per heavy atom. The number of benzene rings is 3.